The number of nitrogens with zero attached hydrogens (tertiary/aromatic N) is 1. The van der Waals surface area contributed by atoms with E-state index in [2.05, 4.69) is 29.2 Å². The molecule has 2 aromatic rings. The molecule has 0 heterocycles. The highest BCUT2D eigenvalue weighted by molar-refractivity contribution is 5.92. The largest absolute Gasteiger partial charge is 0.366 e. The molecular formula is C18H23N3O. The summed E-state index contributed by atoms with van der Waals surface area (Å²) in [4.78, 5) is 13.5. The van der Waals surface area contributed by atoms with Crippen LogP contribution < -0.4 is 11.5 Å². The zero-order valence-corrected chi connectivity index (χ0v) is 12.7. The van der Waals surface area contributed by atoms with Gasteiger partial charge in [-0.3, -0.25) is 9.69 Å². The van der Waals surface area contributed by atoms with Gasteiger partial charge in [-0.15, -0.1) is 0 Å². The maximum atomic E-state index is 11.1. The van der Waals surface area contributed by atoms with Gasteiger partial charge in [-0.2, -0.15) is 0 Å². The van der Waals surface area contributed by atoms with Gasteiger partial charge in [0.2, 0.25) is 5.91 Å². The Morgan fingerprint density at radius 1 is 0.909 bits per heavy atom. The van der Waals surface area contributed by atoms with Gasteiger partial charge >= 0.3 is 0 Å². The number of amides is 1. The highest BCUT2D eigenvalue weighted by atomic mass is 16.1. The second-order valence-electron chi connectivity index (χ2n) is 5.40. The highest BCUT2D eigenvalue weighted by Gasteiger charge is 2.07. The summed E-state index contributed by atoms with van der Waals surface area (Å²) < 4.78 is 0. The standard InChI is InChI=1S/C18H23N3O/c19-11-4-12-21(13-15-5-2-1-3-6-15)14-16-7-9-17(10-8-16)18(20)22/h1-3,5-10H,4,11-14,19H2,(H2,20,22). The molecule has 2 rings (SSSR count). The predicted octanol–water partition coefficient (Wildman–Crippen LogP) is 2.14. The van der Waals surface area contributed by atoms with Gasteiger partial charge in [0, 0.05) is 25.2 Å². The van der Waals surface area contributed by atoms with Crippen molar-refractivity contribution in [3.8, 4) is 0 Å². The van der Waals surface area contributed by atoms with E-state index in [-0.39, 0.29) is 0 Å². The molecule has 0 atom stereocenters. The van der Waals surface area contributed by atoms with Crippen molar-refractivity contribution in [2.45, 2.75) is 19.5 Å². The lowest BCUT2D eigenvalue weighted by Crippen LogP contribution is -2.25. The van der Waals surface area contributed by atoms with E-state index in [1.807, 2.05) is 18.2 Å². The predicted molar refractivity (Wildman–Crippen MR) is 89.2 cm³/mol. The molecule has 0 spiro atoms. The van der Waals surface area contributed by atoms with E-state index in [1.165, 1.54) is 5.56 Å². The van der Waals surface area contributed by atoms with Crippen molar-refractivity contribution in [2.24, 2.45) is 11.5 Å². The molecular weight excluding hydrogens is 274 g/mol. The third kappa shape index (κ3) is 4.98. The minimum atomic E-state index is -0.393. The number of hydrogen-bond acceptors (Lipinski definition) is 3. The topological polar surface area (TPSA) is 72.3 Å². The molecule has 0 saturated carbocycles. The van der Waals surface area contributed by atoms with Gasteiger partial charge in [-0.1, -0.05) is 42.5 Å². The molecule has 4 N–H and O–H groups in total. The average molecular weight is 297 g/mol. The highest BCUT2D eigenvalue weighted by Crippen LogP contribution is 2.11. The molecule has 4 nitrogen and oxygen atoms in total. The van der Waals surface area contributed by atoms with Crippen LogP contribution in [-0.2, 0) is 13.1 Å². The summed E-state index contributed by atoms with van der Waals surface area (Å²) in [5, 5.41) is 0. The number of carbonyl (C=O) groups is 1. The number of benzene rings is 2. The normalized spacial score (nSPS) is 10.8. The van der Waals surface area contributed by atoms with Crippen molar-refractivity contribution in [2.75, 3.05) is 13.1 Å². The lowest BCUT2D eigenvalue weighted by atomic mass is 10.1. The molecule has 0 aromatic heterocycles. The molecule has 22 heavy (non-hydrogen) atoms. The number of hydrogen-bond donors (Lipinski definition) is 2. The fourth-order valence-electron chi connectivity index (χ4n) is 2.40. The summed E-state index contributed by atoms with van der Waals surface area (Å²) in [6.45, 7) is 3.35. The molecule has 1 amide bonds. The van der Waals surface area contributed by atoms with Crippen molar-refractivity contribution in [3.05, 3.63) is 71.3 Å². The Bertz CT molecular complexity index is 581. The van der Waals surface area contributed by atoms with Crippen LogP contribution in [0.1, 0.15) is 27.9 Å². The summed E-state index contributed by atoms with van der Waals surface area (Å²) in [6, 6.07) is 17.9. The minimum absolute atomic E-state index is 0.393. The Hall–Kier alpha value is -2.17. The third-order valence-electron chi connectivity index (χ3n) is 3.57. The van der Waals surface area contributed by atoms with Crippen LogP contribution in [0.5, 0.6) is 0 Å². The van der Waals surface area contributed by atoms with Crippen molar-refractivity contribution >= 4 is 5.91 Å². The van der Waals surface area contributed by atoms with Gasteiger partial charge < -0.3 is 11.5 Å². The average Bonchev–Trinajstić information content (AvgIpc) is 2.54. The zero-order chi connectivity index (χ0) is 15.8. The maximum absolute atomic E-state index is 11.1. The fourth-order valence-corrected chi connectivity index (χ4v) is 2.40. The van der Waals surface area contributed by atoms with Crippen molar-refractivity contribution < 1.29 is 4.79 Å². The third-order valence-corrected chi connectivity index (χ3v) is 3.57. The van der Waals surface area contributed by atoms with Crippen molar-refractivity contribution in [1.82, 2.24) is 4.90 Å². The van der Waals surface area contributed by atoms with Gasteiger partial charge in [-0.25, -0.2) is 0 Å². The Labute approximate surface area is 131 Å². The number of rotatable bonds is 8. The first-order chi connectivity index (χ1) is 10.7. The van der Waals surface area contributed by atoms with Gasteiger partial charge in [0.15, 0.2) is 0 Å². The summed E-state index contributed by atoms with van der Waals surface area (Å²) in [7, 11) is 0. The van der Waals surface area contributed by atoms with E-state index in [9.17, 15) is 4.79 Å². The van der Waals surface area contributed by atoms with E-state index in [0.29, 0.717) is 12.1 Å². The second-order valence-corrected chi connectivity index (χ2v) is 5.40. The van der Waals surface area contributed by atoms with Crippen LogP contribution in [0.15, 0.2) is 54.6 Å². The van der Waals surface area contributed by atoms with Gasteiger partial charge in [0.25, 0.3) is 0 Å². The fraction of sp³-hybridized carbons (Fsp3) is 0.278. The van der Waals surface area contributed by atoms with Crippen LogP contribution in [0.25, 0.3) is 0 Å². The first kappa shape index (κ1) is 16.2. The molecule has 0 saturated heterocycles. The van der Waals surface area contributed by atoms with E-state index in [0.717, 1.165) is 31.6 Å². The molecule has 0 aliphatic rings. The number of primary amides is 1. The Morgan fingerprint density at radius 3 is 2.05 bits per heavy atom. The molecule has 0 bridgehead atoms. The summed E-state index contributed by atoms with van der Waals surface area (Å²) in [5.74, 6) is -0.393. The number of nitrogens with two attached hydrogens (primary N) is 2. The molecule has 0 fully saturated rings. The quantitative estimate of drug-likeness (QED) is 0.784. The van der Waals surface area contributed by atoms with E-state index >= 15 is 0 Å². The van der Waals surface area contributed by atoms with E-state index < -0.39 is 5.91 Å². The van der Waals surface area contributed by atoms with Gasteiger partial charge in [0.1, 0.15) is 0 Å². The van der Waals surface area contributed by atoms with E-state index in [1.54, 1.807) is 12.1 Å². The lowest BCUT2D eigenvalue weighted by Gasteiger charge is -2.22. The Balaban J connectivity index is 2.03. The first-order valence-electron chi connectivity index (χ1n) is 7.54. The van der Waals surface area contributed by atoms with E-state index in [4.69, 9.17) is 11.5 Å². The zero-order valence-electron chi connectivity index (χ0n) is 12.7. The van der Waals surface area contributed by atoms with Crippen LogP contribution in [0, 0.1) is 0 Å². The second kappa shape index (κ2) is 8.32. The SMILES string of the molecule is NCCCN(Cc1ccccc1)Cc1ccc(C(N)=O)cc1. The molecule has 4 heteroatoms. The Kier molecular flexibility index (Phi) is 6.13. The molecule has 116 valence electrons. The van der Waals surface area contributed by atoms with Crippen LogP contribution in [-0.4, -0.2) is 23.9 Å². The van der Waals surface area contributed by atoms with Crippen LogP contribution in [0.2, 0.25) is 0 Å². The van der Waals surface area contributed by atoms with Crippen LogP contribution >= 0.6 is 0 Å². The summed E-state index contributed by atoms with van der Waals surface area (Å²) in [5.41, 5.74) is 13.9. The van der Waals surface area contributed by atoms with Gasteiger partial charge in [0.05, 0.1) is 0 Å². The van der Waals surface area contributed by atoms with Crippen molar-refractivity contribution in [1.29, 1.82) is 0 Å². The van der Waals surface area contributed by atoms with Crippen LogP contribution in [0.3, 0.4) is 0 Å². The smallest absolute Gasteiger partial charge is 0.248 e. The molecule has 2 aromatic carbocycles. The monoisotopic (exact) mass is 297 g/mol. The van der Waals surface area contributed by atoms with Crippen molar-refractivity contribution in [3.63, 3.8) is 0 Å². The Morgan fingerprint density at radius 2 is 1.50 bits per heavy atom. The number of carbonyl (C=O) groups excluding carboxylic acids is 1. The van der Waals surface area contributed by atoms with Crippen LogP contribution in [0.4, 0.5) is 0 Å². The molecule has 0 aliphatic heterocycles. The lowest BCUT2D eigenvalue weighted by molar-refractivity contribution is 0.100. The molecule has 0 aliphatic carbocycles. The van der Waals surface area contributed by atoms with Gasteiger partial charge in [-0.05, 0) is 36.2 Å². The minimum Gasteiger partial charge on any atom is -0.366 e. The maximum Gasteiger partial charge on any atom is 0.248 e. The molecule has 0 unspecified atom stereocenters. The summed E-state index contributed by atoms with van der Waals surface area (Å²) in [6.07, 6.45) is 0.964. The summed E-state index contributed by atoms with van der Waals surface area (Å²) >= 11 is 0. The molecule has 0 radical (unpaired) electrons. The first-order valence-corrected chi connectivity index (χ1v) is 7.54.